The molecule has 0 saturated carbocycles. The summed E-state index contributed by atoms with van der Waals surface area (Å²) < 4.78 is 0. The van der Waals surface area contributed by atoms with E-state index in [9.17, 15) is 10.1 Å². The highest BCUT2D eigenvalue weighted by molar-refractivity contribution is 8.18. The van der Waals surface area contributed by atoms with Crippen LogP contribution in [0.3, 0.4) is 0 Å². The van der Waals surface area contributed by atoms with Crippen LogP contribution in [-0.2, 0) is 11.3 Å². The number of aliphatic imine (C=N–C) groups is 2. The summed E-state index contributed by atoms with van der Waals surface area (Å²) in [6.07, 6.45) is 0. The van der Waals surface area contributed by atoms with E-state index in [1.54, 1.807) is 23.1 Å². The largest absolute Gasteiger partial charge is 0.384 e. The Labute approximate surface area is 250 Å². The number of carbonyl (C=O) groups is 1. The molecule has 11 heteroatoms. The van der Waals surface area contributed by atoms with Gasteiger partial charge in [0.25, 0.3) is 5.91 Å². The zero-order valence-electron chi connectivity index (χ0n) is 23.1. The minimum absolute atomic E-state index is 0.0225. The van der Waals surface area contributed by atoms with E-state index in [1.165, 1.54) is 11.8 Å². The van der Waals surface area contributed by atoms with Gasteiger partial charge in [-0.05, 0) is 73.1 Å². The van der Waals surface area contributed by atoms with Crippen molar-refractivity contribution in [1.29, 1.82) is 5.26 Å². The van der Waals surface area contributed by atoms with Crippen molar-refractivity contribution in [3.8, 4) is 6.07 Å². The summed E-state index contributed by atoms with van der Waals surface area (Å²) in [5, 5.41) is 13.3. The van der Waals surface area contributed by atoms with Gasteiger partial charge in [-0.1, -0.05) is 30.3 Å². The van der Waals surface area contributed by atoms with Crippen molar-refractivity contribution < 1.29 is 4.79 Å². The number of nitrogens with zero attached hydrogens (tertiary/aromatic N) is 5. The molecule has 1 saturated heterocycles. The van der Waals surface area contributed by atoms with E-state index in [2.05, 4.69) is 29.0 Å². The van der Waals surface area contributed by atoms with E-state index in [0.717, 1.165) is 22.5 Å². The zero-order valence-corrected chi connectivity index (χ0v) is 24.8. The van der Waals surface area contributed by atoms with E-state index in [4.69, 9.17) is 16.5 Å². The molecule has 210 valence electrons. The van der Waals surface area contributed by atoms with Crippen molar-refractivity contribution in [2.45, 2.75) is 25.3 Å². The highest BCUT2D eigenvalue weighted by Gasteiger charge is 2.35. The van der Waals surface area contributed by atoms with Gasteiger partial charge in [0.05, 0.1) is 45.8 Å². The monoisotopic (exact) mass is 584 g/mol. The number of amidine groups is 1. The molecule has 41 heavy (non-hydrogen) atoms. The molecule has 0 radical (unpaired) electrons. The fourth-order valence-corrected chi connectivity index (χ4v) is 5.76. The van der Waals surface area contributed by atoms with Gasteiger partial charge in [-0.2, -0.15) is 5.26 Å². The average Bonchev–Trinajstić information content (AvgIpc) is 3.24. The number of thioether (sulfide) groups is 1. The molecule has 5 N–H and O–H groups in total. The quantitative estimate of drug-likeness (QED) is 0.115. The molecule has 1 aliphatic heterocycles. The predicted octanol–water partition coefficient (Wildman–Crippen LogP) is 5.36. The third-order valence-corrected chi connectivity index (χ3v) is 7.83. The average molecular weight is 585 g/mol. The molecule has 0 atom stereocenters. The number of rotatable bonds is 9. The van der Waals surface area contributed by atoms with Gasteiger partial charge in [0, 0.05) is 25.0 Å². The van der Waals surface area contributed by atoms with Crippen LogP contribution < -0.4 is 21.7 Å². The minimum Gasteiger partial charge on any atom is -0.384 e. The number of nitrogens with one attached hydrogen (secondary N) is 1. The summed E-state index contributed by atoms with van der Waals surface area (Å²) in [4.78, 5) is 27.9. The molecule has 1 amide bonds. The number of amides is 1. The number of nitriles is 1. The van der Waals surface area contributed by atoms with E-state index in [0.29, 0.717) is 51.5 Å². The van der Waals surface area contributed by atoms with Gasteiger partial charge in [-0.3, -0.25) is 9.69 Å². The number of thiol groups is 1. The first-order valence-electron chi connectivity index (χ1n) is 12.9. The topological polar surface area (TPSA) is 136 Å². The minimum atomic E-state index is -0.112. The van der Waals surface area contributed by atoms with E-state index in [-0.39, 0.29) is 11.9 Å². The van der Waals surface area contributed by atoms with Crippen LogP contribution in [0.4, 0.5) is 22.7 Å². The summed E-state index contributed by atoms with van der Waals surface area (Å²) in [5.41, 5.74) is 16.3. The van der Waals surface area contributed by atoms with Gasteiger partial charge < -0.3 is 21.7 Å². The normalized spacial score (nSPS) is 15.0. The van der Waals surface area contributed by atoms with Gasteiger partial charge in [0.15, 0.2) is 11.1 Å². The first-order valence-corrected chi connectivity index (χ1v) is 14.2. The number of nitrogens with two attached hydrogens (primary N) is 2. The maximum absolute atomic E-state index is 13.8. The molecule has 0 aromatic heterocycles. The number of hydrogen-bond donors (Lipinski definition) is 4. The number of likely N-dealkylation sites (N-methyl/N-ethyl adjacent to an activating group) is 1. The van der Waals surface area contributed by atoms with Crippen LogP contribution in [-0.4, -0.2) is 42.1 Å². The Balaban J connectivity index is 1.69. The Morgan fingerprint density at radius 1 is 1.15 bits per heavy atom. The van der Waals surface area contributed by atoms with Crippen LogP contribution in [0, 0.1) is 11.3 Å². The lowest BCUT2D eigenvalue weighted by molar-refractivity contribution is -0.122. The van der Waals surface area contributed by atoms with E-state index < -0.39 is 0 Å². The van der Waals surface area contributed by atoms with Crippen LogP contribution in [0.1, 0.15) is 25.0 Å². The van der Waals surface area contributed by atoms with E-state index >= 15 is 0 Å². The second kappa shape index (κ2) is 13.3. The fourth-order valence-electron chi connectivity index (χ4n) is 4.36. The van der Waals surface area contributed by atoms with Crippen molar-refractivity contribution in [3.63, 3.8) is 0 Å². The first kappa shape index (κ1) is 29.6. The van der Waals surface area contributed by atoms with Crippen LogP contribution in [0.25, 0.3) is 0 Å². The summed E-state index contributed by atoms with van der Waals surface area (Å²) in [6, 6.07) is 22.8. The fraction of sp³-hybridized carbons (Fsp3) is 0.200. The molecular formula is C30H32N8OS2. The molecule has 0 spiro atoms. The van der Waals surface area contributed by atoms with Gasteiger partial charge in [0.1, 0.15) is 0 Å². The lowest BCUT2D eigenvalue weighted by Gasteiger charge is -2.22. The highest BCUT2D eigenvalue weighted by Crippen LogP contribution is 2.38. The Kier molecular flexibility index (Phi) is 9.60. The Hall–Kier alpha value is -4.40. The van der Waals surface area contributed by atoms with Crippen LogP contribution >= 0.6 is 24.4 Å². The van der Waals surface area contributed by atoms with Crippen molar-refractivity contribution in [1.82, 2.24) is 4.90 Å². The summed E-state index contributed by atoms with van der Waals surface area (Å²) >= 11 is 5.97. The number of anilines is 2. The molecule has 9 nitrogen and oxygen atoms in total. The molecule has 3 aromatic carbocycles. The summed E-state index contributed by atoms with van der Waals surface area (Å²) in [7, 11) is 1.94. The van der Waals surface area contributed by atoms with Gasteiger partial charge in [-0.15, -0.1) is 12.6 Å². The second-order valence-corrected chi connectivity index (χ2v) is 10.9. The zero-order chi connectivity index (χ0) is 29.5. The maximum atomic E-state index is 13.8. The van der Waals surface area contributed by atoms with Crippen LogP contribution in [0.2, 0.25) is 0 Å². The van der Waals surface area contributed by atoms with Gasteiger partial charge in [0.2, 0.25) is 0 Å². The molecule has 3 aromatic rings. The number of guanidine groups is 1. The third-order valence-electron chi connectivity index (χ3n) is 6.25. The molecule has 0 bridgehead atoms. The van der Waals surface area contributed by atoms with Crippen LogP contribution in [0.5, 0.6) is 0 Å². The molecule has 1 heterocycles. The smallest absolute Gasteiger partial charge is 0.267 e. The molecule has 0 unspecified atom stereocenters. The SMILES string of the molecule is CCNc1ccc(C#N)cc1N=C1S/C(=C(\C)CN(C)c2ccc(N=C(N)N)cc2S)C(=O)N1Cc1ccccc1. The molecule has 1 fully saturated rings. The molecule has 1 aliphatic rings. The summed E-state index contributed by atoms with van der Waals surface area (Å²) in [6.45, 7) is 5.50. The standard InChI is InChI=1S/C30H32N8OS2/c1-4-34-23-12-10-21(16-31)14-24(23)36-30-38(18-20-8-6-5-7-9-20)28(39)27(41-30)19(2)17-37(3)25-13-11-22(15-26(25)40)35-29(32)33/h5-15,34,40H,4,17-18H2,1-3H3,(H4,32,33,35)/b27-19+,36-30?. The third kappa shape index (κ3) is 7.22. The van der Waals surface area contributed by atoms with E-state index in [1.807, 2.05) is 74.3 Å². The van der Waals surface area contributed by atoms with Crippen molar-refractivity contribution >= 4 is 64.2 Å². The summed E-state index contributed by atoms with van der Waals surface area (Å²) in [5.74, 6) is -0.134. The highest BCUT2D eigenvalue weighted by atomic mass is 32.2. The van der Waals surface area contributed by atoms with Crippen LogP contribution in [0.15, 0.2) is 92.1 Å². The number of benzene rings is 3. The van der Waals surface area contributed by atoms with Crippen molar-refractivity contribution in [2.24, 2.45) is 21.5 Å². The molecular weight excluding hydrogens is 553 g/mol. The maximum Gasteiger partial charge on any atom is 0.267 e. The second-order valence-electron chi connectivity index (χ2n) is 9.42. The lowest BCUT2D eigenvalue weighted by atomic mass is 10.2. The molecule has 0 aliphatic carbocycles. The number of carbonyl (C=O) groups excluding carboxylic acids is 1. The Bertz CT molecular complexity index is 1570. The van der Waals surface area contributed by atoms with Crippen molar-refractivity contribution in [2.75, 3.05) is 30.4 Å². The Morgan fingerprint density at radius 3 is 2.56 bits per heavy atom. The number of hydrogen-bond acceptors (Lipinski definition) is 8. The Morgan fingerprint density at radius 2 is 1.90 bits per heavy atom. The predicted molar refractivity (Wildman–Crippen MR) is 172 cm³/mol. The van der Waals surface area contributed by atoms with Crippen molar-refractivity contribution in [3.05, 3.63) is 88.3 Å². The molecule has 4 rings (SSSR count). The van der Waals surface area contributed by atoms with Gasteiger partial charge in [-0.25, -0.2) is 9.98 Å². The first-order chi connectivity index (χ1) is 19.7. The van der Waals surface area contributed by atoms with Gasteiger partial charge >= 0.3 is 0 Å². The lowest BCUT2D eigenvalue weighted by Crippen LogP contribution is -2.29.